The van der Waals surface area contributed by atoms with Gasteiger partial charge in [0.1, 0.15) is 41.4 Å². The molecule has 1 aliphatic heterocycles. The van der Waals surface area contributed by atoms with Crippen molar-refractivity contribution in [3.8, 4) is 11.5 Å². The van der Waals surface area contributed by atoms with Gasteiger partial charge in [-0.3, -0.25) is 4.52 Å². The maximum atomic E-state index is 14.5. The molecule has 5 unspecified atom stereocenters. The lowest BCUT2D eigenvalue weighted by Crippen LogP contribution is -2.60. The Morgan fingerprint density at radius 3 is 1.31 bits per heavy atom. The molecule has 0 bridgehead atoms. The standard InChI is InChI=1S/C45H43O8PS/c46-54(52-38-25-13-4-14-26-38,53-39-27-15-5-16-28-39)50-34-41-42(47-31-35-19-7-1-8-20-35)43(48-32-36-21-9-2-10-22-36)44(49-33-37-23-11-3-12-24-37)45(51-41)55-40-29-17-6-18-30-40/h1-30,41-45H,31-34H2. The van der Waals surface area contributed by atoms with E-state index in [1.165, 1.54) is 11.8 Å². The minimum Gasteiger partial charge on any atom is -0.395 e. The summed E-state index contributed by atoms with van der Waals surface area (Å²) in [5, 5.41) is 0. The van der Waals surface area contributed by atoms with Crippen LogP contribution in [0.3, 0.4) is 0 Å². The lowest BCUT2D eigenvalue weighted by atomic mass is 9.99. The van der Waals surface area contributed by atoms with E-state index in [4.69, 9.17) is 32.5 Å². The molecule has 0 radical (unpaired) electrons. The number of rotatable bonds is 18. The Balaban J connectivity index is 1.24. The number of thioether (sulfide) groups is 1. The van der Waals surface area contributed by atoms with Crippen LogP contribution in [-0.2, 0) is 47.9 Å². The van der Waals surface area contributed by atoms with Gasteiger partial charge in [-0.2, -0.15) is 0 Å². The molecule has 0 aromatic heterocycles. The Hall–Kier alpha value is -4.70. The van der Waals surface area contributed by atoms with E-state index in [2.05, 4.69) is 0 Å². The van der Waals surface area contributed by atoms with Crippen molar-refractivity contribution >= 4 is 19.6 Å². The van der Waals surface area contributed by atoms with Gasteiger partial charge in [0.05, 0.1) is 26.4 Å². The summed E-state index contributed by atoms with van der Waals surface area (Å²) >= 11 is 1.52. The van der Waals surface area contributed by atoms with Crippen LogP contribution in [0, 0.1) is 0 Å². The smallest absolute Gasteiger partial charge is 0.395 e. The van der Waals surface area contributed by atoms with Gasteiger partial charge in [0.15, 0.2) is 0 Å². The van der Waals surface area contributed by atoms with Crippen LogP contribution in [0.5, 0.6) is 11.5 Å². The van der Waals surface area contributed by atoms with Crippen LogP contribution >= 0.6 is 19.6 Å². The van der Waals surface area contributed by atoms with E-state index in [0.29, 0.717) is 24.7 Å². The summed E-state index contributed by atoms with van der Waals surface area (Å²) < 4.78 is 60.1. The van der Waals surface area contributed by atoms with Crippen LogP contribution in [0.1, 0.15) is 16.7 Å². The number of phosphoric ester groups is 1. The van der Waals surface area contributed by atoms with E-state index in [-0.39, 0.29) is 13.2 Å². The van der Waals surface area contributed by atoms with Crippen LogP contribution in [-0.4, -0.2) is 36.5 Å². The number of ether oxygens (including phenoxy) is 4. The second-order valence-corrected chi connectivity index (χ2v) is 15.5. The van der Waals surface area contributed by atoms with Crippen molar-refractivity contribution in [1.82, 2.24) is 0 Å². The minimum absolute atomic E-state index is 0.209. The van der Waals surface area contributed by atoms with Gasteiger partial charge in [0.25, 0.3) is 0 Å². The van der Waals surface area contributed by atoms with E-state index >= 15 is 0 Å². The van der Waals surface area contributed by atoms with Crippen LogP contribution in [0.4, 0.5) is 0 Å². The minimum atomic E-state index is -4.28. The monoisotopic (exact) mass is 774 g/mol. The van der Waals surface area contributed by atoms with E-state index in [9.17, 15) is 4.57 Å². The molecular formula is C45H43O8PS. The molecule has 6 aromatic rings. The zero-order valence-electron chi connectivity index (χ0n) is 30.2. The molecule has 1 saturated heterocycles. The fourth-order valence-electron chi connectivity index (χ4n) is 6.06. The molecule has 0 saturated carbocycles. The zero-order valence-corrected chi connectivity index (χ0v) is 31.9. The third-order valence-electron chi connectivity index (χ3n) is 8.76. The topological polar surface area (TPSA) is 81.7 Å². The lowest BCUT2D eigenvalue weighted by molar-refractivity contribution is -0.251. The molecular weight excluding hydrogens is 732 g/mol. The van der Waals surface area contributed by atoms with Crippen LogP contribution in [0.15, 0.2) is 187 Å². The first kappa shape index (κ1) is 38.6. The summed E-state index contributed by atoms with van der Waals surface area (Å²) in [6.45, 7) is 0.671. The van der Waals surface area contributed by atoms with Crippen molar-refractivity contribution in [2.75, 3.05) is 6.61 Å². The normalized spacial score (nSPS) is 19.7. The summed E-state index contributed by atoms with van der Waals surface area (Å²) in [5.41, 5.74) is 2.39. The molecule has 0 aliphatic carbocycles. The predicted octanol–water partition coefficient (Wildman–Crippen LogP) is 10.5. The average molecular weight is 775 g/mol. The molecule has 8 nitrogen and oxygen atoms in total. The fourth-order valence-corrected chi connectivity index (χ4v) is 8.45. The zero-order chi connectivity index (χ0) is 37.5. The van der Waals surface area contributed by atoms with Gasteiger partial charge in [0, 0.05) is 4.90 Å². The lowest BCUT2D eigenvalue weighted by Gasteiger charge is -2.46. The van der Waals surface area contributed by atoms with E-state index in [1.807, 2.05) is 133 Å². The molecule has 7 rings (SSSR count). The first-order valence-electron chi connectivity index (χ1n) is 18.2. The summed E-state index contributed by atoms with van der Waals surface area (Å²) in [6, 6.07) is 57.5. The molecule has 5 atom stereocenters. The highest BCUT2D eigenvalue weighted by Crippen LogP contribution is 2.50. The molecule has 10 heteroatoms. The van der Waals surface area contributed by atoms with Crippen molar-refractivity contribution in [3.63, 3.8) is 0 Å². The Labute approximate surface area is 326 Å². The summed E-state index contributed by atoms with van der Waals surface area (Å²) in [5.74, 6) is 0.665. The molecule has 1 aliphatic rings. The largest absolute Gasteiger partial charge is 0.587 e. The molecule has 282 valence electrons. The van der Waals surface area contributed by atoms with E-state index in [0.717, 1.165) is 21.6 Å². The summed E-state index contributed by atoms with van der Waals surface area (Å²) in [7, 11) is -4.28. The van der Waals surface area contributed by atoms with E-state index in [1.54, 1.807) is 48.5 Å². The molecule has 1 heterocycles. The van der Waals surface area contributed by atoms with Gasteiger partial charge in [0.2, 0.25) is 0 Å². The maximum Gasteiger partial charge on any atom is 0.587 e. The maximum absolute atomic E-state index is 14.5. The van der Waals surface area contributed by atoms with Gasteiger partial charge in [-0.15, -0.1) is 0 Å². The first-order chi connectivity index (χ1) is 27.1. The first-order valence-corrected chi connectivity index (χ1v) is 20.5. The van der Waals surface area contributed by atoms with Crippen molar-refractivity contribution < 1.29 is 37.1 Å². The summed E-state index contributed by atoms with van der Waals surface area (Å²) in [6.07, 6.45) is -2.78. The molecule has 0 N–H and O–H groups in total. The van der Waals surface area contributed by atoms with Crippen molar-refractivity contribution in [2.45, 2.75) is 54.6 Å². The van der Waals surface area contributed by atoms with Gasteiger partial charge in [-0.1, -0.05) is 157 Å². The molecule has 0 spiro atoms. The van der Waals surface area contributed by atoms with Crippen molar-refractivity contribution in [3.05, 3.63) is 199 Å². The Morgan fingerprint density at radius 1 is 0.473 bits per heavy atom. The molecule has 0 amide bonds. The number of benzene rings is 6. The molecule has 55 heavy (non-hydrogen) atoms. The van der Waals surface area contributed by atoms with Gasteiger partial charge in [-0.05, 0) is 53.1 Å². The number of hydrogen-bond acceptors (Lipinski definition) is 9. The Bertz CT molecular complexity index is 1980. The van der Waals surface area contributed by atoms with Gasteiger partial charge in [-0.25, -0.2) is 4.57 Å². The Kier molecular flexibility index (Phi) is 13.9. The second kappa shape index (κ2) is 19.8. The molecule has 6 aromatic carbocycles. The van der Waals surface area contributed by atoms with E-state index < -0.39 is 37.7 Å². The van der Waals surface area contributed by atoms with Gasteiger partial charge < -0.3 is 28.0 Å². The number of hydrogen-bond donors (Lipinski definition) is 0. The second-order valence-electron chi connectivity index (χ2n) is 12.8. The summed E-state index contributed by atoms with van der Waals surface area (Å²) in [4.78, 5) is 0.983. The van der Waals surface area contributed by atoms with Crippen molar-refractivity contribution in [1.29, 1.82) is 0 Å². The predicted molar refractivity (Wildman–Crippen MR) is 214 cm³/mol. The SMILES string of the molecule is O=P(OCC1OC(Sc2ccccc2)C(OCc2ccccc2)C(OCc2ccccc2)C1OCc1ccccc1)(Oc1ccccc1)Oc1ccccc1. The number of phosphoric acid groups is 1. The molecule has 1 fully saturated rings. The van der Waals surface area contributed by atoms with Crippen molar-refractivity contribution in [2.24, 2.45) is 0 Å². The third-order valence-corrected chi connectivity index (χ3v) is 11.3. The van der Waals surface area contributed by atoms with Crippen LogP contribution < -0.4 is 9.05 Å². The fraction of sp³-hybridized carbons (Fsp3) is 0.200. The third kappa shape index (κ3) is 11.4. The highest BCUT2D eigenvalue weighted by Gasteiger charge is 2.50. The number of para-hydroxylation sites is 2. The highest BCUT2D eigenvalue weighted by molar-refractivity contribution is 7.99. The van der Waals surface area contributed by atoms with Crippen LogP contribution in [0.2, 0.25) is 0 Å². The quantitative estimate of drug-likeness (QED) is 0.0793. The van der Waals surface area contributed by atoms with Gasteiger partial charge >= 0.3 is 7.82 Å². The average Bonchev–Trinajstić information content (AvgIpc) is 3.23. The highest BCUT2D eigenvalue weighted by atomic mass is 32.2. The Morgan fingerprint density at radius 2 is 0.855 bits per heavy atom. The van der Waals surface area contributed by atoms with Crippen LogP contribution in [0.25, 0.3) is 0 Å².